The van der Waals surface area contributed by atoms with E-state index < -0.39 is 0 Å². The molecule has 0 radical (unpaired) electrons. The highest BCUT2D eigenvalue weighted by molar-refractivity contribution is 6.34. The van der Waals surface area contributed by atoms with E-state index in [-0.39, 0.29) is 6.04 Å². The lowest BCUT2D eigenvalue weighted by Gasteiger charge is -2.31. The fourth-order valence-electron chi connectivity index (χ4n) is 2.49. The van der Waals surface area contributed by atoms with Crippen LogP contribution < -0.4 is 5.32 Å². The van der Waals surface area contributed by atoms with Crippen molar-refractivity contribution < 1.29 is 4.74 Å². The highest BCUT2D eigenvalue weighted by atomic mass is 35.5. The average molecular weight is 303 g/mol. The van der Waals surface area contributed by atoms with E-state index in [1.807, 2.05) is 0 Å². The molecule has 2 heterocycles. The van der Waals surface area contributed by atoms with E-state index in [1.165, 1.54) is 0 Å². The zero-order chi connectivity index (χ0) is 13.7. The largest absolute Gasteiger partial charge is 0.381 e. The summed E-state index contributed by atoms with van der Waals surface area (Å²) in [6.45, 7) is 4.76. The minimum Gasteiger partial charge on any atom is -0.381 e. The second-order valence-corrected chi connectivity index (χ2v) is 5.75. The third-order valence-electron chi connectivity index (χ3n) is 3.48. The molecule has 2 rings (SSSR count). The molecule has 1 aliphatic rings. The molecule has 5 heteroatoms. The van der Waals surface area contributed by atoms with Crippen molar-refractivity contribution in [2.45, 2.75) is 32.2 Å². The number of rotatable bonds is 5. The average Bonchev–Trinajstić information content (AvgIpc) is 2.42. The Hall–Kier alpha value is -0.350. The molecule has 0 bridgehead atoms. The summed E-state index contributed by atoms with van der Waals surface area (Å²) in [5.74, 6) is 0.520. The monoisotopic (exact) mass is 302 g/mol. The van der Waals surface area contributed by atoms with Gasteiger partial charge in [-0.25, -0.2) is 0 Å². The topological polar surface area (TPSA) is 34.2 Å². The number of halogens is 2. The Morgan fingerprint density at radius 3 is 2.79 bits per heavy atom. The van der Waals surface area contributed by atoms with Gasteiger partial charge in [-0.05, 0) is 37.8 Å². The third-order valence-corrected chi connectivity index (χ3v) is 3.99. The van der Waals surface area contributed by atoms with Crippen molar-refractivity contribution >= 4 is 23.2 Å². The Bertz CT molecular complexity index is 408. The molecule has 1 aromatic heterocycles. The first kappa shape index (κ1) is 15.0. The minimum atomic E-state index is 0.189. The minimum absolute atomic E-state index is 0.189. The Labute approximate surface area is 124 Å². The Morgan fingerprint density at radius 1 is 1.42 bits per heavy atom. The lowest BCUT2D eigenvalue weighted by atomic mass is 9.89. The normalized spacial score (nSPS) is 18.5. The number of aromatic nitrogens is 1. The van der Waals surface area contributed by atoms with Crippen LogP contribution in [0.2, 0.25) is 10.0 Å². The second-order valence-electron chi connectivity index (χ2n) is 4.90. The van der Waals surface area contributed by atoms with Crippen LogP contribution in [-0.4, -0.2) is 24.7 Å². The predicted octanol–water partition coefficient (Wildman–Crippen LogP) is 3.86. The summed E-state index contributed by atoms with van der Waals surface area (Å²) in [6, 6.07) is 1.96. The van der Waals surface area contributed by atoms with Gasteiger partial charge in [0.2, 0.25) is 0 Å². The maximum Gasteiger partial charge on any atom is 0.0762 e. The highest BCUT2D eigenvalue weighted by Crippen LogP contribution is 2.33. The van der Waals surface area contributed by atoms with E-state index >= 15 is 0 Å². The zero-order valence-corrected chi connectivity index (χ0v) is 12.7. The molecule has 0 aliphatic carbocycles. The molecule has 0 amide bonds. The Balaban J connectivity index is 2.19. The fourth-order valence-corrected chi connectivity index (χ4v) is 2.99. The SMILES string of the molecule is CCCNC(c1ncc(Cl)cc1Cl)C1CCOCC1. The van der Waals surface area contributed by atoms with Gasteiger partial charge in [-0.15, -0.1) is 0 Å². The number of hydrogen-bond acceptors (Lipinski definition) is 3. The molecule has 1 N–H and O–H groups in total. The predicted molar refractivity (Wildman–Crippen MR) is 78.8 cm³/mol. The molecule has 19 heavy (non-hydrogen) atoms. The van der Waals surface area contributed by atoms with Crippen molar-refractivity contribution in [2.24, 2.45) is 5.92 Å². The van der Waals surface area contributed by atoms with Crippen molar-refractivity contribution in [3.8, 4) is 0 Å². The van der Waals surface area contributed by atoms with Crippen molar-refractivity contribution in [2.75, 3.05) is 19.8 Å². The molecule has 106 valence electrons. The molecule has 1 aromatic rings. The first-order valence-corrected chi connectivity index (χ1v) is 7.60. The van der Waals surface area contributed by atoms with E-state index in [9.17, 15) is 0 Å². The summed E-state index contributed by atoms with van der Waals surface area (Å²) in [5, 5.41) is 4.79. The molecule has 1 fully saturated rings. The van der Waals surface area contributed by atoms with E-state index in [0.29, 0.717) is 16.0 Å². The quantitative estimate of drug-likeness (QED) is 0.897. The van der Waals surface area contributed by atoms with Crippen molar-refractivity contribution in [3.63, 3.8) is 0 Å². The standard InChI is InChI=1S/C14H20Cl2N2O/c1-2-5-17-13(10-3-6-19-7-4-10)14-12(16)8-11(15)9-18-14/h8-10,13,17H,2-7H2,1H3. The van der Waals surface area contributed by atoms with Crippen molar-refractivity contribution in [3.05, 3.63) is 28.0 Å². The van der Waals surface area contributed by atoms with Gasteiger partial charge in [0.1, 0.15) is 0 Å². The van der Waals surface area contributed by atoms with Gasteiger partial charge in [-0.3, -0.25) is 4.98 Å². The first-order chi connectivity index (χ1) is 9.22. The van der Waals surface area contributed by atoms with Gasteiger partial charge in [0.15, 0.2) is 0 Å². The van der Waals surface area contributed by atoms with Crippen molar-refractivity contribution in [1.82, 2.24) is 10.3 Å². The van der Waals surface area contributed by atoms with Gasteiger partial charge in [0.25, 0.3) is 0 Å². The summed E-state index contributed by atoms with van der Waals surface area (Å²) >= 11 is 12.2. The number of pyridine rings is 1. The summed E-state index contributed by atoms with van der Waals surface area (Å²) in [5.41, 5.74) is 0.909. The van der Waals surface area contributed by atoms with Gasteiger partial charge in [0, 0.05) is 19.4 Å². The summed E-state index contributed by atoms with van der Waals surface area (Å²) in [4.78, 5) is 4.44. The lowest BCUT2D eigenvalue weighted by Crippen LogP contribution is -2.33. The molecule has 1 aliphatic heterocycles. The van der Waals surface area contributed by atoms with E-state index in [1.54, 1.807) is 12.3 Å². The van der Waals surface area contributed by atoms with Crippen LogP contribution in [0.25, 0.3) is 0 Å². The molecule has 3 nitrogen and oxygen atoms in total. The van der Waals surface area contributed by atoms with E-state index in [2.05, 4.69) is 17.2 Å². The first-order valence-electron chi connectivity index (χ1n) is 6.84. The van der Waals surface area contributed by atoms with Gasteiger partial charge in [-0.1, -0.05) is 30.1 Å². The molecule has 1 atom stereocenters. The lowest BCUT2D eigenvalue weighted by molar-refractivity contribution is 0.0531. The fraction of sp³-hybridized carbons (Fsp3) is 0.643. The summed E-state index contributed by atoms with van der Waals surface area (Å²) < 4.78 is 5.44. The van der Waals surface area contributed by atoms with E-state index in [0.717, 1.165) is 44.7 Å². The second kappa shape index (κ2) is 7.44. The maximum absolute atomic E-state index is 6.30. The van der Waals surface area contributed by atoms with E-state index in [4.69, 9.17) is 27.9 Å². The van der Waals surface area contributed by atoms with Crippen LogP contribution in [0.5, 0.6) is 0 Å². The van der Waals surface area contributed by atoms with Gasteiger partial charge in [0.05, 0.1) is 21.8 Å². The summed E-state index contributed by atoms with van der Waals surface area (Å²) in [6.07, 6.45) is 4.84. The molecule has 0 saturated carbocycles. The van der Waals surface area contributed by atoms with Gasteiger partial charge < -0.3 is 10.1 Å². The number of hydrogen-bond donors (Lipinski definition) is 1. The molecule has 1 unspecified atom stereocenters. The maximum atomic E-state index is 6.30. The highest BCUT2D eigenvalue weighted by Gasteiger charge is 2.27. The zero-order valence-electron chi connectivity index (χ0n) is 11.2. The summed E-state index contributed by atoms with van der Waals surface area (Å²) in [7, 11) is 0. The molecule has 0 spiro atoms. The number of nitrogens with one attached hydrogen (secondary N) is 1. The molecular formula is C14H20Cl2N2O. The van der Waals surface area contributed by atoms with Crippen LogP contribution >= 0.6 is 23.2 Å². The molecular weight excluding hydrogens is 283 g/mol. The van der Waals surface area contributed by atoms with Crippen LogP contribution in [0, 0.1) is 5.92 Å². The van der Waals surface area contributed by atoms with Crippen LogP contribution in [0.3, 0.4) is 0 Å². The Morgan fingerprint density at radius 2 is 2.16 bits per heavy atom. The van der Waals surface area contributed by atoms with Crippen molar-refractivity contribution in [1.29, 1.82) is 0 Å². The number of ether oxygens (including phenoxy) is 1. The van der Waals surface area contributed by atoms with Gasteiger partial charge >= 0.3 is 0 Å². The molecule has 1 saturated heterocycles. The Kier molecular flexibility index (Phi) is 5.89. The number of nitrogens with zero attached hydrogens (tertiary/aromatic N) is 1. The smallest absolute Gasteiger partial charge is 0.0762 e. The van der Waals surface area contributed by atoms with Crippen LogP contribution in [-0.2, 0) is 4.74 Å². The van der Waals surface area contributed by atoms with Gasteiger partial charge in [-0.2, -0.15) is 0 Å². The molecule has 0 aromatic carbocycles. The van der Waals surface area contributed by atoms with Crippen LogP contribution in [0.15, 0.2) is 12.3 Å². The van der Waals surface area contributed by atoms with Crippen LogP contribution in [0.1, 0.15) is 37.9 Å². The third kappa shape index (κ3) is 4.06. The van der Waals surface area contributed by atoms with Crippen LogP contribution in [0.4, 0.5) is 0 Å².